The Hall–Kier alpha value is -4.02. The molecule has 3 aromatic carbocycles. The van der Waals surface area contributed by atoms with Crippen LogP contribution in [0.4, 0.5) is 11.4 Å². The number of halogens is 1. The van der Waals surface area contributed by atoms with Gasteiger partial charge in [-0.3, -0.25) is 14.5 Å². The van der Waals surface area contributed by atoms with Crippen molar-refractivity contribution in [1.82, 2.24) is 4.90 Å². The largest absolute Gasteiger partial charge is 0.493 e. The monoisotopic (exact) mass is 595 g/mol. The van der Waals surface area contributed by atoms with E-state index in [4.69, 9.17) is 30.8 Å². The Morgan fingerprint density at radius 1 is 1.05 bits per heavy atom. The number of hydrogen-bond acceptors (Lipinski definition) is 8. The van der Waals surface area contributed by atoms with Crippen molar-refractivity contribution in [2.75, 3.05) is 32.7 Å². The zero-order valence-corrected chi connectivity index (χ0v) is 24.5. The lowest BCUT2D eigenvalue weighted by Gasteiger charge is -2.32. The van der Waals surface area contributed by atoms with Crippen LogP contribution < -0.4 is 14.8 Å². The highest BCUT2D eigenvalue weighted by atomic mass is 35.5. The molecular formula is C30H30ClN3O6S. The molecule has 1 aliphatic rings. The maximum Gasteiger partial charge on any atom is 0.338 e. The van der Waals surface area contributed by atoms with Gasteiger partial charge < -0.3 is 19.5 Å². The summed E-state index contributed by atoms with van der Waals surface area (Å²) in [5.74, 6) is 0.200. The topological polar surface area (TPSA) is 107 Å². The maximum atomic E-state index is 13.4. The highest BCUT2D eigenvalue weighted by Gasteiger charge is 2.36. The molecule has 3 aromatic rings. The lowest BCUT2D eigenvalue weighted by molar-refractivity contribution is -0.129. The minimum atomic E-state index is -0.714. The average Bonchev–Trinajstić information content (AvgIpc) is 2.98. The van der Waals surface area contributed by atoms with Crippen molar-refractivity contribution >= 4 is 57.7 Å². The van der Waals surface area contributed by atoms with Crippen molar-refractivity contribution in [3.63, 3.8) is 0 Å². The van der Waals surface area contributed by atoms with E-state index >= 15 is 0 Å². The molecule has 1 aliphatic heterocycles. The van der Waals surface area contributed by atoms with Gasteiger partial charge in [-0.25, -0.2) is 9.79 Å². The van der Waals surface area contributed by atoms with E-state index < -0.39 is 11.2 Å². The lowest BCUT2D eigenvalue weighted by atomic mass is 10.1. The van der Waals surface area contributed by atoms with Crippen LogP contribution in [0.2, 0.25) is 5.02 Å². The summed E-state index contributed by atoms with van der Waals surface area (Å²) in [5.41, 5.74) is 2.33. The van der Waals surface area contributed by atoms with Gasteiger partial charge >= 0.3 is 5.97 Å². The van der Waals surface area contributed by atoms with Gasteiger partial charge in [-0.2, -0.15) is 0 Å². The zero-order valence-electron chi connectivity index (χ0n) is 22.9. The van der Waals surface area contributed by atoms with Gasteiger partial charge in [0, 0.05) is 13.0 Å². The normalized spacial score (nSPS) is 15.9. The number of benzene rings is 3. The molecule has 0 bridgehead atoms. The fourth-order valence-corrected chi connectivity index (χ4v) is 5.42. The first-order valence-corrected chi connectivity index (χ1v) is 14.2. The molecule has 1 fully saturated rings. The van der Waals surface area contributed by atoms with Crippen molar-refractivity contribution in [2.45, 2.75) is 25.0 Å². The molecule has 1 unspecified atom stereocenters. The first-order valence-electron chi connectivity index (χ1n) is 12.9. The van der Waals surface area contributed by atoms with Crippen LogP contribution in [-0.4, -0.2) is 60.5 Å². The quantitative estimate of drug-likeness (QED) is 0.298. The van der Waals surface area contributed by atoms with Crippen molar-refractivity contribution in [3.8, 4) is 11.5 Å². The molecule has 0 aromatic heterocycles. The molecule has 0 radical (unpaired) electrons. The number of hydrogen-bond donors (Lipinski definition) is 1. The van der Waals surface area contributed by atoms with Gasteiger partial charge in [0.2, 0.25) is 11.8 Å². The number of carbonyl (C=O) groups is 3. The summed E-state index contributed by atoms with van der Waals surface area (Å²) in [6.07, 6.45) is 0.512. The van der Waals surface area contributed by atoms with Crippen LogP contribution in [0.1, 0.15) is 29.3 Å². The van der Waals surface area contributed by atoms with Crippen LogP contribution in [0, 0.1) is 0 Å². The van der Waals surface area contributed by atoms with Gasteiger partial charge in [0.05, 0.1) is 42.8 Å². The van der Waals surface area contributed by atoms with Crippen LogP contribution in [0.5, 0.6) is 11.5 Å². The first kappa shape index (κ1) is 30.0. The number of rotatable bonds is 10. The second kappa shape index (κ2) is 14.0. The Balaban J connectivity index is 1.58. The third-order valence-corrected chi connectivity index (χ3v) is 7.76. The van der Waals surface area contributed by atoms with Gasteiger partial charge in [-0.1, -0.05) is 41.6 Å². The number of carbonyl (C=O) groups excluding carboxylic acids is 3. The first-order chi connectivity index (χ1) is 19.8. The Morgan fingerprint density at radius 3 is 2.46 bits per heavy atom. The average molecular weight is 596 g/mol. The molecule has 11 heteroatoms. The van der Waals surface area contributed by atoms with E-state index in [0.717, 1.165) is 5.56 Å². The Bertz CT molecular complexity index is 1450. The molecule has 41 heavy (non-hydrogen) atoms. The van der Waals surface area contributed by atoms with E-state index in [2.05, 4.69) is 5.32 Å². The van der Waals surface area contributed by atoms with Crippen LogP contribution in [0.15, 0.2) is 71.7 Å². The number of nitrogens with one attached hydrogen (secondary N) is 1. The summed E-state index contributed by atoms with van der Waals surface area (Å²) in [4.78, 5) is 44.9. The molecular weight excluding hydrogens is 566 g/mol. The number of ether oxygens (including phenoxy) is 3. The number of anilines is 1. The van der Waals surface area contributed by atoms with E-state index in [-0.39, 0.29) is 24.8 Å². The maximum absolute atomic E-state index is 13.4. The highest BCUT2D eigenvalue weighted by Crippen LogP contribution is 2.32. The van der Waals surface area contributed by atoms with Gasteiger partial charge in [0.15, 0.2) is 16.7 Å². The lowest BCUT2D eigenvalue weighted by Crippen LogP contribution is -2.46. The number of para-hydroxylation sites is 1. The second-order valence-corrected chi connectivity index (χ2v) is 10.5. The van der Waals surface area contributed by atoms with Crippen molar-refractivity contribution < 1.29 is 28.6 Å². The minimum absolute atomic E-state index is 0.00625. The number of amidine groups is 1. The van der Waals surface area contributed by atoms with Gasteiger partial charge in [-0.05, 0) is 67.4 Å². The summed E-state index contributed by atoms with van der Waals surface area (Å²) >= 11 is 7.42. The fourth-order valence-electron chi connectivity index (χ4n) is 4.11. The van der Waals surface area contributed by atoms with Gasteiger partial charge in [0.1, 0.15) is 5.25 Å². The second-order valence-electron chi connectivity index (χ2n) is 8.93. The minimum Gasteiger partial charge on any atom is -0.493 e. The summed E-state index contributed by atoms with van der Waals surface area (Å²) in [5, 5.41) is 2.89. The van der Waals surface area contributed by atoms with E-state index in [1.165, 1.54) is 11.8 Å². The van der Waals surface area contributed by atoms with Crippen LogP contribution in [-0.2, 0) is 20.7 Å². The number of thioether (sulfide) groups is 1. The molecule has 4 rings (SSSR count). The Morgan fingerprint density at radius 2 is 1.78 bits per heavy atom. The van der Waals surface area contributed by atoms with Crippen molar-refractivity contribution in [3.05, 3.63) is 82.9 Å². The number of esters is 1. The Kier molecular flexibility index (Phi) is 10.3. The van der Waals surface area contributed by atoms with Crippen LogP contribution >= 0.6 is 23.4 Å². The number of nitrogens with zero attached hydrogens (tertiary/aromatic N) is 2. The number of methoxy groups -OCH3 is 2. The van der Waals surface area contributed by atoms with Crippen molar-refractivity contribution in [1.29, 1.82) is 0 Å². The van der Waals surface area contributed by atoms with Crippen LogP contribution in [0.3, 0.4) is 0 Å². The summed E-state index contributed by atoms with van der Waals surface area (Å²) in [6.45, 7) is 2.35. The summed E-state index contributed by atoms with van der Waals surface area (Å²) in [7, 11) is 3.14. The fraction of sp³-hybridized carbons (Fsp3) is 0.267. The smallest absolute Gasteiger partial charge is 0.338 e. The molecule has 1 heterocycles. The van der Waals surface area contributed by atoms with Crippen molar-refractivity contribution in [2.24, 2.45) is 4.99 Å². The molecule has 9 nitrogen and oxygen atoms in total. The standard InChI is InChI=1S/C30H30ClN3O6S/c1-4-40-29(37)20-10-12-21(13-11-20)32-30-34(16-15-19-9-14-24(38-2)25(17-19)39-3)27(35)18-26(41-30)28(36)33-23-8-6-5-7-22(23)31/h5-14,17,26H,4,15-16,18H2,1-3H3,(H,33,36). The molecule has 0 saturated carbocycles. The SMILES string of the molecule is CCOC(=O)c1ccc(N=C2SC(C(=O)Nc3ccccc3Cl)CC(=O)N2CCc2ccc(OC)c(OC)c2)cc1. The number of amides is 2. The zero-order chi connectivity index (χ0) is 29.4. The van der Waals surface area contributed by atoms with E-state index in [1.807, 2.05) is 18.2 Å². The summed E-state index contributed by atoms with van der Waals surface area (Å²) < 4.78 is 15.8. The molecule has 0 spiro atoms. The van der Waals surface area contributed by atoms with Gasteiger partial charge in [-0.15, -0.1) is 0 Å². The number of aliphatic imine (C=N–C) groups is 1. The molecule has 1 saturated heterocycles. The van der Waals surface area contributed by atoms with E-state index in [9.17, 15) is 14.4 Å². The van der Waals surface area contributed by atoms with Crippen LogP contribution in [0.25, 0.3) is 0 Å². The molecule has 2 amide bonds. The Labute approximate surface area is 247 Å². The van der Waals surface area contributed by atoms with E-state index in [1.54, 1.807) is 74.6 Å². The third kappa shape index (κ3) is 7.59. The molecule has 1 atom stereocenters. The summed E-state index contributed by atoms with van der Waals surface area (Å²) in [6, 6.07) is 19.1. The predicted molar refractivity (Wildman–Crippen MR) is 161 cm³/mol. The third-order valence-electron chi connectivity index (χ3n) is 6.24. The predicted octanol–water partition coefficient (Wildman–Crippen LogP) is 5.74. The van der Waals surface area contributed by atoms with Gasteiger partial charge in [0.25, 0.3) is 0 Å². The molecule has 1 N–H and O–H groups in total. The highest BCUT2D eigenvalue weighted by molar-refractivity contribution is 8.15. The molecule has 214 valence electrons. The molecule has 0 aliphatic carbocycles. The van der Waals surface area contributed by atoms with E-state index in [0.29, 0.717) is 51.6 Å².